The fourth-order valence-corrected chi connectivity index (χ4v) is 2.94. The molecule has 0 aliphatic carbocycles. The summed E-state index contributed by atoms with van der Waals surface area (Å²) in [6.45, 7) is 0. The van der Waals surface area contributed by atoms with Crippen LogP contribution in [-0.2, 0) is 14.1 Å². The van der Waals surface area contributed by atoms with Crippen LogP contribution in [0.3, 0.4) is 0 Å². The van der Waals surface area contributed by atoms with Gasteiger partial charge in [-0.1, -0.05) is 24.3 Å². The maximum Gasteiger partial charge on any atom is 0.276 e. The van der Waals surface area contributed by atoms with Gasteiger partial charge in [-0.05, 0) is 30.3 Å². The van der Waals surface area contributed by atoms with Crippen molar-refractivity contribution in [2.45, 2.75) is 5.92 Å². The van der Waals surface area contributed by atoms with E-state index in [9.17, 15) is 10.1 Å². The zero-order chi connectivity index (χ0) is 17.1. The molecule has 24 heavy (non-hydrogen) atoms. The second-order valence-electron chi connectivity index (χ2n) is 5.74. The number of nitrogens with zero attached hydrogens (tertiary/aromatic N) is 3. The molecule has 3 aromatic rings. The normalized spacial score (nSPS) is 11.5. The first kappa shape index (κ1) is 15.8. The zero-order valence-electron chi connectivity index (χ0n) is 13.7. The van der Waals surface area contributed by atoms with Crippen LogP contribution in [0.2, 0.25) is 0 Å². The molecule has 2 heterocycles. The van der Waals surface area contributed by atoms with Gasteiger partial charge in [-0.15, -0.1) is 0 Å². The number of nitro benzene ring substituents is 1. The number of hydrogen-bond acceptors (Lipinski definition) is 2. The molecule has 122 valence electrons. The van der Waals surface area contributed by atoms with Crippen LogP contribution in [0.4, 0.5) is 5.69 Å². The van der Waals surface area contributed by atoms with Crippen molar-refractivity contribution >= 4 is 11.8 Å². The summed E-state index contributed by atoms with van der Waals surface area (Å²) in [4.78, 5) is 10.8. The molecule has 0 aliphatic rings. The third-order valence-electron chi connectivity index (χ3n) is 4.21. The zero-order valence-corrected chi connectivity index (χ0v) is 13.7. The Morgan fingerprint density at radius 1 is 0.958 bits per heavy atom. The van der Waals surface area contributed by atoms with Gasteiger partial charge in [0.2, 0.25) is 0 Å². The van der Waals surface area contributed by atoms with E-state index in [2.05, 4.69) is 21.3 Å². The van der Waals surface area contributed by atoms with Crippen molar-refractivity contribution in [1.82, 2.24) is 9.13 Å². The summed E-state index contributed by atoms with van der Waals surface area (Å²) in [7, 11) is 4.01. The van der Waals surface area contributed by atoms with Crippen LogP contribution in [0, 0.1) is 10.1 Å². The third kappa shape index (κ3) is 3.01. The highest BCUT2D eigenvalue weighted by atomic mass is 16.6. The van der Waals surface area contributed by atoms with E-state index in [4.69, 9.17) is 0 Å². The predicted octanol–water partition coefficient (Wildman–Crippen LogP) is 4.12. The number of rotatable bonds is 5. The number of nitro groups is 1. The van der Waals surface area contributed by atoms with Gasteiger partial charge in [0.25, 0.3) is 5.69 Å². The fraction of sp³-hybridized carbons (Fsp3) is 0.158. The SMILES string of the molecule is Cn1cccc1C(/C=C\c1ccccc1[N+](=O)[O-])c1cccn1C. The van der Waals surface area contributed by atoms with E-state index in [1.54, 1.807) is 12.1 Å². The number of aromatic nitrogens is 2. The van der Waals surface area contributed by atoms with Gasteiger partial charge in [0, 0.05) is 43.9 Å². The first-order valence-electron chi connectivity index (χ1n) is 7.72. The Morgan fingerprint density at radius 2 is 1.54 bits per heavy atom. The van der Waals surface area contributed by atoms with Crippen molar-refractivity contribution < 1.29 is 4.92 Å². The molecule has 0 radical (unpaired) electrons. The van der Waals surface area contributed by atoms with E-state index in [1.807, 2.05) is 56.8 Å². The van der Waals surface area contributed by atoms with Crippen LogP contribution < -0.4 is 0 Å². The number of allylic oxidation sites excluding steroid dienone is 1. The summed E-state index contributed by atoms with van der Waals surface area (Å²) in [5, 5.41) is 11.2. The minimum absolute atomic E-state index is 0.0183. The van der Waals surface area contributed by atoms with Crippen LogP contribution in [-0.4, -0.2) is 14.1 Å². The van der Waals surface area contributed by atoms with Gasteiger partial charge in [-0.2, -0.15) is 0 Å². The van der Waals surface area contributed by atoms with E-state index in [-0.39, 0.29) is 16.5 Å². The van der Waals surface area contributed by atoms with Crippen LogP contribution in [0.25, 0.3) is 6.08 Å². The molecule has 0 bridgehead atoms. The van der Waals surface area contributed by atoms with Crippen molar-refractivity contribution in [3.05, 3.63) is 94.1 Å². The Labute approximate surface area is 140 Å². The quantitative estimate of drug-likeness (QED) is 0.524. The minimum atomic E-state index is -0.348. The van der Waals surface area contributed by atoms with Crippen molar-refractivity contribution in [1.29, 1.82) is 0 Å². The molecule has 3 rings (SSSR count). The summed E-state index contributed by atoms with van der Waals surface area (Å²) in [6, 6.07) is 14.9. The van der Waals surface area contributed by atoms with E-state index >= 15 is 0 Å². The van der Waals surface area contributed by atoms with E-state index in [0.717, 1.165) is 11.4 Å². The van der Waals surface area contributed by atoms with Crippen LogP contribution >= 0.6 is 0 Å². The Bertz CT molecular complexity index is 849. The number of hydrogen-bond donors (Lipinski definition) is 0. The van der Waals surface area contributed by atoms with Gasteiger partial charge in [0.1, 0.15) is 0 Å². The maximum absolute atomic E-state index is 11.2. The molecule has 2 aromatic heterocycles. The highest BCUT2D eigenvalue weighted by Gasteiger charge is 2.17. The molecular weight excluding hydrogens is 302 g/mol. The maximum atomic E-state index is 11.2. The molecule has 0 saturated heterocycles. The Balaban J connectivity index is 2.04. The first-order valence-corrected chi connectivity index (χ1v) is 7.72. The lowest BCUT2D eigenvalue weighted by Gasteiger charge is -2.16. The van der Waals surface area contributed by atoms with Gasteiger partial charge >= 0.3 is 0 Å². The molecule has 0 fully saturated rings. The van der Waals surface area contributed by atoms with E-state index in [0.29, 0.717) is 5.56 Å². The fourth-order valence-electron chi connectivity index (χ4n) is 2.94. The summed E-state index contributed by atoms with van der Waals surface area (Å²) < 4.78 is 4.14. The average Bonchev–Trinajstić information content (AvgIpc) is 3.17. The molecule has 1 aromatic carbocycles. The number of benzene rings is 1. The van der Waals surface area contributed by atoms with Gasteiger partial charge < -0.3 is 9.13 Å². The van der Waals surface area contributed by atoms with Crippen LogP contribution in [0.15, 0.2) is 67.0 Å². The van der Waals surface area contributed by atoms with E-state index in [1.165, 1.54) is 6.07 Å². The lowest BCUT2D eigenvalue weighted by Crippen LogP contribution is -2.07. The molecule has 0 unspecified atom stereocenters. The molecule has 0 spiro atoms. The van der Waals surface area contributed by atoms with Gasteiger partial charge in [0.15, 0.2) is 0 Å². The molecule has 0 N–H and O–H groups in total. The van der Waals surface area contributed by atoms with E-state index < -0.39 is 0 Å². The van der Waals surface area contributed by atoms with Crippen molar-refractivity contribution in [3.8, 4) is 0 Å². The Kier molecular flexibility index (Phi) is 4.33. The summed E-state index contributed by atoms with van der Waals surface area (Å²) in [5.41, 5.74) is 2.99. The molecule has 0 aliphatic heterocycles. The minimum Gasteiger partial charge on any atom is -0.354 e. The summed E-state index contributed by atoms with van der Waals surface area (Å²) >= 11 is 0. The lowest BCUT2D eigenvalue weighted by atomic mass is 9.99. The highest BCUT2D eigenvalue weighted by Crippen LogP contribution is 2.28. The van der Waals surface area contributed by atoms with Crippen LogP contribution in [0.5, 0.6) is 0 Å². The summed E-state index contributed by atoms with van der Waals surface area (Å²) in [5.74, 6) is 0.0183. The molecule has 0 saturated carbocycles. The van der Waals surface area contributed by atoms with Gasteiger partial charge in [-0.25, -0.2) is 0 Å². The molecule has 0 amide bonds. The smallest absolute Gasteiger partial charge is 0.276 e. The van der Waals surface area contributed by atoms with Gasteiger partial charge in [0.05, 0.1) is 16.4 Å². The molecular formula is C19H19N3O2. The third-order valence-corrected chi connectivity index (χ3v) is 4.21. The first-order chi connectivity index (χ1) is 11.6. The average molecular weight is 321 g/mol. The van der Waals surface area contributed by atoms with Crippen molar-refractivity contribution in [2.24, 2.45) is 14.1 Å². The molecule has 5 heteroatoms. The number of para-hydroxylation sites is 1. The van der Waals surface area contributed by atoms with Crippen molar-refractivity contribution in [2.75, 3.05) is 0 Å². The summed E-state index contributed by atoms with van der Waals surface area (Å²) in [6.07, 6.45) is 7.87. The largest absolute Gasteiger partial charge is 0.354 e. The predicted molar refractivity (Wildman–Crippen MR) is 94.8 cm³/mol. The Hall–Kier alpha value is -3.08. The monoisotopic (exact) mass is 321 g/mol. The van der Waals surface area contributed by atoms with Crippen molar-refractivity contribution in [3.63, 3.8) is 0 Å². The second kappa shape index (κ2) is 6.58. The lowest BCUT2D eigenvalue weighted by molar-refractivity contribution is -0.385. The van der Waals surface area contributed by atoms with Crippen LogP contribution in [0.1, 0.15) is 22.9 Å². The molecule has 5 nitrogen and oxygen atoms in total. The second-order valence-corrected chi connectivity index (χ2v) is 5.74. The van der Waals surface area contributed by atoms with Gasteiger partial charge in [-0.3, -0.25) is 10.1 Å². The number of aryl methyl sites for hydroxylation is 2. The highest BCUT2D eigenvalue weighted by molar-refractivity contribution is 5.62. The topological polar surface area (TPSA) is 53.0 Å². The Morgan fingerprint density at radius 3 is 2.04 bits per heavy atom. The molecule has 0 atom stereocenters. The standard InChI is InChI=1S/C19H19N3O2/c1-20-13-5-9-18(20)16(19-10-6-14-21(19)2)12-11-15-7-3-4-8-17(15)22(23)24/h3-14,16H,1-2H3/b12-11-.